The van der Waals surface area contributed by atoms with Crippen molar-refractivity contribution in [3.05, 3.63) is 130 Å². The van der Waals surface area contributed by atoms with Crippen molar-refractivity contribution in [1.29, 1.82) is 0 Å². The molecule has 44 heavy (non-hydrogen) atoms. The molecule has 1 saturated carbocycles. The van der Waals surface area contributed by atoms with Gasteiger partial charge in [0.25, 0.3) is 0 Å². The second-order valence-corrected chi connectivity index (χ2v) is 13.8. The number of halogens is 1. The van der Waals surface area contributed by atoms with Crippen LogP contribution < -0.4 is 0 Å². The van der Waals surface area contributed by atoms with E-state index in [2.05, 4.69) is 43.0 Å². The summed E-state index contributed by atoms with van der Waals surface area (Å²) in [5.41, 5.74) is 4.99. The minimum absolute atomic E-state index is 0.140. The standard InChI is InChI=1S/C37H38ClN2O3S/c1-4-40(43)35(41)24-37(20-21-37)25-44-34(19-15-27-9-5-6-11-32(27)36(2,3)42)29-10-7-8-26(22-29)12-17-31-18-14-28-13-16-30(38)23-33(28)39-31/h4-14,16-18,22-23,34,42H,1,15,19-21,24-25H2,2-3H3/q+1/b17-12+/t34-/m1/s1. The van der Waals surface area contributed by atoms with Crippen molar-refractivity contribution in [3.8, 4) is 0 Å². The summed E-state index contributed by atoms with van der Waals surface area (Å²) in [4.78, 5) is 29.0. The molecule has 0 unspecified atom stereocenters. The number of fused-ring (bicyclic) bond motifs is 1. The van der Waals surface area contributed by atoms with Crippen LogP contribution in [0.25, 0.3) is 23.1 Å². The molecule has 4 aromatic rings. The monoisotopic (exact) mass is 625 g/mol. The number of carbonyl (C=O) groups excluding carboxylic acids is 1. The molecule has 1 heterocycles. The highest BCUT2D eigenvalue weighted by Crippen LogP contribution is 2.53. The van der Waals surface area contributed by atoms with E-state index >= 15 is 0 Å². The summed E-state index contributed by atoms with van der Waals surface area (Å²) in [6, 6.07) is 26.4. The van der Waals surface area contributed by atoms with E-state index in [0.717, 1.165) is 70.9 Å². The fraction of sp³-hybridized carbons (Fsp3) is 0.297. The van der Waals surface area contributed by atoms with Crippen molar-refractivity contribution in [3.63, 3.8) is 0 Å². The molecule has 0 bridgehead atoms. The number of aryl methyl sites for hydroxylation is 1. The molecule has 1 atom stereocenters. The normalized spacial score (nSPS) is 14.9. The lowest BCUT2D eigenvalue weighted by molar-refractivity contribution is -0.402. The average Bonchev–Trinajstić information content (AvgIpc) is 3.78. The Balaban J connectivity index is 1.37. The number of hydrogen-bond donors (Lipinski definition) is 1. The molecule has 0 radical (unpaired) electrons. The fourth-order valence-electron chi connectivity index (χ4n) is 5.54. The Morgan fingerprint density at radius 3 is 2.61 bits per heavy atom. The van der Waals surface area contributed by atoms with E-state index in [9.17, 15) is 14.8 Å². The number of benzene rings is 3. The maximum Gasteiger partial charge on any atom is 0.439 e. The van der Waals surface area contributed by atoms with Crippen LogP contribution in [0.2, 0.25) is 5.02 Å². The number of rotatable bonds is 13. The van der Waals surface area contributed by atoms with E-state index in [1.54, 1.807) is 0 Å². The lowest BCUT2D eigenvalue weighted by atomic mass is 9.90. The first-order valence-electron chi connectivity index (χ1n) is 14.9. The Morgan fingerprint density at radius 1 is 1.09 bits per heavy atom. The quantitative estimate of drug-likeness (QED) is 0.150. The number of amides is 1. The van der Waals surface area contributed by atoms with Crippen LogP contribution >= 0.6 is 23.4 Å². The number of pyridine rings is 1. The van der Waals surface area contributed by atoms with Crippen LogP contribution in [0.4, 0.5) is 0 Å². The van der Waals surface area contributed by atoms with Gasteiger partial charge in [0.15, 0.2) is 0 Å². The van der Waals surface area contributed by atoms with Crippen LogP contribution in [0.3, 0.4) is 0 Å². The third kappa shape index (κ3) is 8.12. The third-order valence-electron chi connectivity index (χ3n) is 8.24. The molecule has 1 amide bonds. The van der Waals surface area contributed by atoms with Crippen LogP contribution in [0.5, 0.6) is 0 Å². The highest BCUT2D eigenvalue weighted by molar-refractivity contribution is 7.99. The minimum Gasteiger partial charge on any atom is -0.386 e. The molecular formula is C37H38ClN2O3S+. The van der Waals surface area contributed by atoms with Crippen LogP contribution in [0.15, 0.2) is 91.6 Å². The van der Waals surface area contributed by atoms with E-state index < -0.39 is 11.5 Å². The minimum atomic E-state index is -0.931. The van der Waals surface area contributed by atoms with Gasteiger partial charge < -0.3 is 5.11 Å². The van der Waals surface area contributed by atoms with Gasteiger partial charge in [-0.3, -0.25) is 0 Å². The van der Waals surface area contributed by atoms with Crippen molar-refractivity contribution in [2.45, 2.75) is 56.8 Å². The van der Waals surface area contributed by atoms with Crippen LogP contribution in [0.1, 0.15) is 72.7 Å². The smallest absolute Gasteiger partial charge is 0.386 e. The van der Waals surface area contributed by atoms with E-state index in [-0.39, 0.29) is 17.1 Å². The highest BCUT2D eigenvalue weighted by atomic mass is 35.5. The Hall–Kier alpha value is -3.58. The first-order chi connectivity index (χ1) is 21.0. The van der Waals surface area contributed by atoms with Gasteiger partial charge in [-0.25, -0.2) is 9.78 Å². The Labute approximate surface area is 268 Å². The maximum atomic E-state index is 12.4. The third-order valence-corrected chi connectivity index (χ3v) is 10.2. The SMILES string of the molecule is C=C[N+](=O)C(=O)CC1(CS[C@H](CCc2ccccc2C(C)(C)O)c2cccc(/C=C/c3ccc4ccc(Cl)cc4n3)c2)CC1. The van der Waals surface area contributed by atoms with Crippen LogP contribution in [-0.4, -0.2) is 26.5 Å². The summed E-state index contributed by atoms with van der Waals surface area (Å²) >= 11 is 8.03. The van der Waals surface area contributed by atoms with Gasteiger partial charge in [-0.05, 0) is 98.1 Å². The summed E-state index contributed by atoms with van der Waals surface area (Å²) < 4.78 is 0.352. The molecule has 226 valence electrons. The molecule has 1 N–H and O–H groups in total. The molecular weight excluding hydrogens is 588 g/mol. The van der Waals surface area contributed by atoms with Crippen molar-refractivity contribution in [2.24, 2.45) is 5.41 Å². The predicted octanol–water partition coefficient (Wildman–Crippen LogP) is 9.31. The zero-order chi connectivity index (χ0) is 31.3. The summed E-state index contributed by atoms with van der Waals surface area (Å²) in [5.74, 6) is 0.371. The van der Waals surface area contributed by atoms with E-state index in [1.165, 1.54) is 5.56 Å². The number of aromatic nitrogens is 1. The molecule has 0 aliphatic heterocycles. The second-order valence-electron chi connectivity index (χ2n) is 12.2. The molecule has 1 aliphatic carbocycles. The maximum absolute atomic E-state index is 12.4. The summed E-state index contributed by atoms with van der Waals surface area (Å²) in [6.07, 6.45) is 8.93. The number of hydrogen-bond acceptors (Lipinski definition) is 5. The van der Waals surface area contributed by atoms with Gasteiger partial charge in [-0.1, -0.05) is 78.3 Å². The van der Waals surface area contributed by atoms with E-state index in [1.807, 2.05) is 80.2 Å². The van der Waals surface area contributed by atoms with Gasteiger partial charge >= 0.3 is 5.91 Å². The summed E-state index contributed by atoms with van der Waals surface area (Å²) in [5, 5.41) is 12.7. The molecule has 0 saturated heterocycles. The molecule has 1 aliphatic rings. The van der Waals surface area contributed by atoms with Gasteiger partial charge in [-0.2, -0.15) is 11.8 Å². The summed E-state index contributed by atoms with van der Waals surface area (Å²) in [7, 11) is 0. The van der Waals surface area contributed by atoms with Gasteiger partial charge in [0, 0.05) is 26.3 Å². The first kappa shape index (κ1) is 31.8. The number of nitrogens with zero attached hydrogens (tertiary/aromatic N) is 2. The van der Waals surface area contributed by atoms with Gasteiger partial charge in [-0.15, -0.1) is 0 Å². The van der Waals surface area contributed by atoms with Crippen LogP contribution in [-0.2, 0) is 16.8 Å². The van der Waals surface area contributed by atoms with Crippen molar-refractivity contribution >= 4 is 52.3 Å². The van der Waals surface area contributed by atoms with Gasteiger partial charge in [0.1, 0.15) is 4.76 Å². The van der Waals surface area contributed by atoms with Gasteiger partial charge in [0.2, 0.25) is 6.20 Å². The first-order valence-corrected chi connectivity index (χ1v) is 16.4. The van der Waals surface area contributed by atoms with Crippen molar-refractivity contribution in [2.75, 3.05) is 5.75 Å². The molecule has 7 heteroatoms. The zero-order valence-electron chi connectivity index (χ0n) is 25.2. The lowest BCUT2D eigenvalue weighted by Gasteiger charge is -2.24. The number of carbonyl (C=O) groups is 1. The number of thioether (sulfide) groups is 1. The molecule has 1 fully saturated rings. The van der Waals surface area contributed by atoms with Crippen LogP contribution in [0, 0.1) is 10.3 Å². The van der Waals surface area contributed by atoms with E-state index in [4.69, 9.17) is 16.6 Å². The fourth-order valence-corrected chi connectivity index (χ4v) is 7.27. The zero-order valence-corrected chi connectivity index (χ0v) is 26.8. The lowest BCUT2D eigenvalue weighted by Crippen LogP contribution is -2.19. The largest absolute Gasteiger partial charge is 0.439 e. The highest BCUT2D eigenvalue weighted by Gasteiger charge is 2.47. The number of aliphatic hydroxyl groups is 1. The number of nitroso groups, excluding NO2 is 1. The molecule has 0 spiro atoms. The topological polar surface area (TPSA) is 70.3 Å². The molecule has 5 rings (SSSR count). The Morgan fingerprint density at radius 2 is 1.86 bits per heavy atom. The average molecular weight is 626 g/mol. The van der Waals surface area contributed by atoms with Gasteiger partial charge in [0.05, 0.1) is 23.2 Å². The molecule has 3 aromatic carbocycles. The van der Waals surface area contributed by atoms with Crippen molar-refractivity contribution in [1.82, 2.24) is 4.98 Å². The second kappa shape index (κ2) is 13.6. The summed E-state index contributed by atoms with van der Waals surface area (Å²) in [6.45, 7) is 7.08. The molecule has 5 nitrogen and oxygen atoms in total. The Kier molecular flexibility index (Phi) is 9.84. The Bertz CT molecular complexity index is 1720. The predicted molar refractivity (Wildman–Crippen MR) is 182 cm³/mol. The van der Waals surface area contributed by atoms with Crippen molar-refractivity contribution < 1.29 is 14.7 Å². The van der Waals surface area contributed by atoms with E-state index in [0.29, 0.717) is 9.78 Å². The molecule has 1 aromatic heterocycles.